The van der Waals surface area contributed by atoms with Crippen LogP contribution in [0.1, 0.15) is 41.5 Å². The first kappa shape index (κ1) is 17.5. The van der Waals surface area contributed by atoms with Gasteiger partial charge in [0, 0.05) is 17.3 Å². The highest BCUT2D eigenvalue weighted by Crippen LogP contribution is 2.30. The molecule has 1 aromatic rings. The lowest BCUT2D eigenvalue weighted by Crippen LogP contribution is -2.53. The maximum absolute atomic E-state index is 12.4. The average Bonchev–Trinajstić information content (AvgIpc) is 2.35. The molecule has 0 unspecified atom stereocenters. The molecule has 0 heterocycles. The zero-order valence-corrected chi connectivity index (χ0v) is 14.0. The summed E-state index contributed by atoms with van der Waals surface area (Å²) >= 11 is 0. The van der Waals surface area contributed by atoms with Crippen molar-refractivity contribution in [2.24, 2.45) is 17.1 Å². The summed E-state index contributed by atoms with van der Waals surface area (Å²) in [6, 6.07) is 7.43. The van der Waals surface area contributed by atoms with Crippen molar-refractivity contribution in [3.05, 3.63) is 24.3 Å². The number of ether oxygens (including phenoxy) is 1. The Balaban J connectivity index is 2.79. The van der Waals surface area contributed by atoms with Crippen LogP contribution in [0.25, 0.3) is 0 Å². The molecule has 0 aliphatic heterocycles. The largest absolute Gasteiger partial charge is 0.493 e. The monoisotopic (exact) mass is 292 g/mol. The van der Waals surface area contributed by atoms with Crippen LogP contribution in [0.4, 0.5) is 5.69 Å². The van der Waals surface area contributed by atoms with Crippen molar-refractivity contribution < 1.29 is 9.53 Å². The minimum atomic E-state index is -0.679. The topological polar surface area (TPSA) is 64.3 Å². The van der Waals surface area contributed by atoms with Gasteiger partial charge in [0.25, 0.3) is 0 Å². The second-order valence-electron chi connectivity index (χ2n) is 7.03. The standard InChI is InChI=1S/C17H28N2O2/c1-12(2)11-21-14-9-7-8-13(10-14)19-15(20)16(3,4)17(5,6)18/h7-10,12H,11,18H2,1-6H3,(H,19,20). The lowest BCUT2D eigenvalue weighted by atomic mass is 9.74. The van der Waals surface area contributed by atoms with Gasteiger partial charge in [-0.05, 0) is 45.7 Å². The molecule has 0 atom stereocenters. The number of hydrogen-bond acceptors (Lipinski definition) is 3. The fourth-order valence-corrected chi connectivity index (χ4v) is 1.51. The fraction of sp³-hybridized carbons (Fsp3) is 0.588. The maximum Gasteiger partial charge on any atom is 0.231 e. The van der Waals surface area contributed by atoms with E-state index in [1.807, 2.05) is 52.0 Å². The van der Waals surface area contributed by atoms with E-state index in [9.17, 15) is 4.79 Å². The molecule has 0 spiro atoms. The summed E-state index contributed by atoms with van der Waals surface area (Å²) in [5.74, 6) is 1.11. The number of nitrogens with two attached hydrogens (primary N) is 1. The van der Waals surface area contributed by atoms with E-state index in [-0.39, 0.29) is 5.91 Å². The third kappa shape index (κ3) is 4.74. The molecular formula is C17H28N2O2. The molecule has 0 fully saturated rings. The highest BCUT2D eigenvalue weighted by atomic mass is 16.5. The van der Waals surface area contributed by atoms with E-state index in [0.717, 1.165) is 11.4 Å². The molecule has 0 saturated heterocycles. The molecule has 0 aliphatic carbocycles. The Kier molecular flexibility index (Phi) is 5.40. The number of hydrogen-bond donors (Lipinski definition) is 2. The van der Waals surface area contributed by atoms with Crippen LogP contribution in [-0.2, 0) is 4.79 Å². The predicted octanol–water partition coefficient (Wildman–Crippen LogP) is 3.42. The molecule has 0 aliphatic rings. The minimum Gasteiger partial charge on any atom is -0.493 e. The first-order chi connectivity index (χ1) is 9.54. The van der Waals surface area contributed by atoms with Gasteiger partial charge in [-0.15, -0.1) is 0 Å². The number of benzene rings is 1. The van der Waals surface area contributed by atoms with Gasteiger partial charge in [-0.25, -0.2) is 0 Å². The molecule has 4 nitrogen and oxygen atoms in total. The van der Waals surface area contributed by atoms with Gasteiger partial charge in [0.15, 0.2) is 0 Å². The summed E-state index contributed by atoms with van der Waals surface area (Å²) in [5.41, 5.74) is 5.53. The lowest BCUT2D eigenvalue weighted by molar-refractivity contribution is -0.126. The van der Waals surface area contributed by atoms with Gasteiger partial charge in [-0.1, -0.05) is 19.9 Å². The second kappa shape index (κ2) is 6.48. The van der Waals surface area contributed by atoms with E-state index in [0.29, 0.717) is 12.5 Å². The smallest absolute Gasteiger partial charge is 0.231 e. The molecule has 0 bridgehead atoms. The van der Waals surface area contributed by atoms with Crippen LogP contribution in [0.5, 0.6) is 5.75 Å². The molecule has 1 rings (SSSR count). The highest BCUT2D eigenvalue weighted by Gasteiger charge is 2.40. The minimum absolute atomic E-state index is 0.101. The Hall–Kier alpha value is -1.55. The molecule has 1 amide bonds. The van der Waals surface area contributed by atoms with Gasteiger partial charge in [0.1, 0.15) is 5.75 Å². The summed E-state index contributed by atoms with van der Waals surface area (Å²) in [5, 5.41) is 2.92. The van der Waals surface area contributed by atoms with Crippen molar-refractivity contribution in [1.82, 2.24) is 0 Å². The quantitative estimate of drug-likeness (QED) is 0.844. The van der Waals surface area contributed by atoms with Crippen molar-refractivity contribution in [1.29, 1.82) is 0 Å². The molecule has 3 N–H and O–H groups in total. The van der Waals surface area contributed by atoms with E-state index in [4.69, 9.17) is 10.5 Å². The zero-order chi connectivity index (χ0) is 16.3. The van der Waals surface area contributed by atoms with Crippen LogP contribution in [0, 0.1) is 11.3 Å². The van der Waals surface area contributed by atoms with Crippen LogP contribution >= 0.6 is 0 Å². The number of carbonyl (C=O) groups excluding carboxylic acids is 1. The summed E-state index contributed by atoms with van der Waals surface area (Å²) in [4.78, 5) is 12.4. The zero-order valence-electron chi connectivity index (χ0n) is 14.0. The molecular weight excluding hydrogens is 264 g/mol. The SMILES string of the molecule is CC(C)COc1cccc(NC(=O)C(C)(C)C(C)(C)N)c1. The van der Waals surface area contributed by atoms with Crippen LogP contribution in [0.15, 0.2) is 24.3 Å². The third-order valence-electron chi connectivity index (χ3n) is 3.85. The molecule has 0 radical (unpaired) electrons. The molecule has 1 aromatic carbocycles. The van der Waals surface area contributed by atoms with Gasteiger partial charge in [-0.3, -0.25) is 4.79 Å². The maximum atomic E-state index is 12.4. The summed E-state index contributed by atoms with van der Waals surface area (Å²) in [6.07, 6.45) is 0. The number of anilines is 1. The summed E-state index contributed by atoms with van der Waals surface area (Å²) < 4.78 is 5.67. The third-order valence-corrected chi connectivity index (χ3v) is 3.85. The van der Waals surface area contributed by atoms with Crippen LogP contribution in [-0.4, -0.2) is 18.1 Å². The van der Waals surface area contributed by atoms with Crippen molar-refractivity contribution in [2.75, 3.05) is 11.9 Å². The van der Waals surface area contributed by atoms with Gasteiger partial charge >= 0.3 is 0 Å². The fourth-order valence-electron chi connectivity index (χ4n) is 1.51. The Bertz CT molecular complexity index is 488. The first-order valence-electron chi connectivity index (χ1n) is 7.37. The van der Waals surface area contributed by atoms with Gasteiger partial charge < -0.3 is 15.8 Å². The van der Waals surface area contributed by atoms with E-state index < -0.39 is 11.0 Å². The molecule has 118 valence electrons. The number of rotatable bonds is 6. The van der Waals surface area contributed by atoms with Gasteiger partial charge in [0.05, 0.1) is 12.0 Å². The second-order valence-corrected chi connectivity index (χ2v) is 7.03. The van der Waals surface area contributed by atoms with Crippen LogP contribution in [0.2, 0.25) is 0 Å². The number of amides is 1. The summed E-state index contributed by atoms with van der Waals surface area (Å²) in [6.45, 7) is 12.3. The molecule has 21 heavy (non-hydrogen) atoms. The van der Waals surface area contributed by atoms with Crippen molar-refractivity contribution in [3.8, 4) is 5.75 Å². The first-order valence-corrected chi connectivity index (χ1v) is 7.37. The van der Waals surface area contributed by atoms with Crippen molar-refractivity contribution in [2.45, 2.75) is 47.1 Å². The lowest BCUT2D eigenvalue weighted by Gasteiger charge is -2.36. The Morgan fingerprint density at radius 2 is 1.90 bits per heavy atom. The van der Waals surface area contributed by atoms with E-state index >= 15 is 0 Å². The number of carbonyl (C=O) groups is 1. The van der Waals surface area contributed by atoms with Crippen molar-refractivity contribution in [3.63, 3.8) is 0 Å². The average molecular weight is 292 g/mol. The van der Waals surface area contributed by atoms with Gasteiger partial charge in [0.2, 0.25) is 5.91 Å². The van der Waals surface area contributed by atoms with Crippen LogP contribution < -0.4 is 15.8 Å². The van der Waals surface area contributed by atoms with E-state index in [2.05, 4.69) is 19.2 Å². The van der Waals surface area contributed by atoms with Crippen LogP contribution in [0.3, 0.4) is 0 Å². The highest BCUT2D eigenvalue weighted by molar-refractivity contribution is 5.95. The Morgan fingerprint density at radius 3 is 2.43 bits per heavy atom. The van der Waals surface area contributed by atoms with E-state index in [1.165, 1.54) is 0 Å². The molecule has 4 heteroatoms. The molecule has 0 saturated carbocycles. The Morgan fingerprint density at radius 1 is 1.29 bits per heavy atom. The van der Waals surface area contributed by atoms with Gasteiger partial charge in [-0.2, -0.15) is 0 Å². The summed E-state index contributed by atoms with van der Waals surface area (Å²) in [7, 11) is 0. The normalized spacial score (nSPS) is 12.4. The number of nitrogens with one attached hydrogen (secondary N) is 1. The molecule has 0 aromatic heterocycles. The van der Waals surface area contributed by atoms with E-state index in [1.54, 1.807) is 0 Å². The Labute approximate surface area is 128 Å². The van der Waals surface area contributed by atoms with Crippen molar-refractivity contribution >= 4 is 11.6 Å². The predicted molar refractivity (Wildman–Crippen MR) is 87.5 cm³/mol.